The molecule has 2 fully saturated rings. The fourth-order valence-electron chi connectivity index (χ4n) is 4.85. The molecule has 0 saturated carbocycles. The quantitative estimate of drug-likeness (QED) is 0.127. The number of alkyl halides is 1. The van der Waals surface area contributed by atoms with Crippen LogP contribution in [0.5, 0.6) is 0 Å². The van der Waals surface area contributed by atoms with Gasteiger partial charge < -0.3 is 34.8 Å². The zero-order chi connectivity index (χ0) is 29.3. The van der Waals surface area contributed by atoms with Crippen LogP contribution in [0.1, 0.15) is 60.3 Å². The first-order chi connectivity index (χ1) is 18.2. The fraction of sp³-hybridized carbons (Fsp3) is 0.679. The lowest BCUT2D eigenvalue weighted by molar-refractivity contribution is -0.197. The minimum absolute atomic E-state index is 0.0613. The van der Waals surface area contributed by atoms with Crippen LogP contribution in [0.25, 0.3) is 0 Å². The van der Waals surface area contributed by atoms with Gasteiger partial charge >= 0.3 is 11.9 Å². The van der Waals surface area contributed by atoms with Gasteiger partial charge in [-0.2, -0.15) is 0 Å². The number of esters is 1. The van der Waals surface area contributed by atoms with E-state index in [4.69, 9.17) is 30.9 Å². The number of allylic oxidation sites excluding steroid dienone is 2. The molecular formula is C28H42ClNO9. The number of halogens is 1. The largest absolute Gasteiger partial charge is 0.481 e. The molecular weight excluding hydrogens is 530 g/mol. The summed E-state index contributed by atoms with van der Waals surface area (Å²) in [6, 6.07) is -0.160. The van der Waals surface area contributed by atoms with E-state index >= 15 is 0 Å². The third kappa shape index (κ3) is 10.3. The normalized spacial score (nSPS) is 34.7. The number of amides is 1. The molecule has 0 aliphatic carbocycles. The molecule has 11 heteroatoms. The number of carbonyl (C=O) groups excluding carboxylic acids is 2. The molecule has 2 aliphatic rings. The lowest BCUT2D eigenvalue weighted by Crippen LogP contribution is -2.58. The number of rotatable bonds is 11. The van der Waals surface area contributed by atoms with Crippen LogP contribution in [0.3, 0.4) is 0 Å². The van der Waals surface area contributed by atoms with Gasteiger partial charge in [0.05, 0.1) is 36.7 Å². The molecule has 0 radical (unpaired) electrons. The molecule has 0 unspecified atom stereocenters. The molecule has 1 amide bonds. The maximum absolute atomic E-state index is 12.3. The Morgan fingerprint density at radius 2 is 1.90 bits per heavy atom. The average Bonchev–Trinajstić information content (AvgIpc) is 2.84. The summed E-state index contributed by atoms with van der Waals surface area (Å²) in [6.07, 6.45) is 5.52. The monoisotopic (exact) mass is 571 g/mol. The van der Waals surface area contributed by atoms with Crippen molar-refractivity contribution >= 4 is 29.4 Å². The second-order valence-corrected chi connectivity index (χ2v) is 10.9. The van der Waals surface area contributed by atoms with Crippen molar-refractivity contribution in [3.8, 4) is 0 Å². The van der Waals surface area contributed by atoms with Gasteiger partial charge in [-0.05, 0) is 45.6 Å². The van der Waals surface area contributed by atoms with Crippen LogP contribution in [0.2, 0.25) is 0 Å². The standard InChI is InChI=1S/C28H42ClNO9/c1-16(7-10-24-27(35)28(36,15-29)14-21(39-24)13-26(33)34)6-9-23-17(2)12-22(19(4)38-23)30-25(32)11-8-18(3)37-20(5)31/h6-8,10-11,17-19,21-24,27,35-36H,9,12-15H2,1-5H3,(H,30,32)(H,33,34)/t17-,18-,19+,21+,22+,23-,24+,27+,28+/m0/s1. The van der Waals surface area contributed by atoms with Crippen LogP contribution in [-0.4, -0.2) is 87.3 Å². The Hall–Kier alpha value is -2.24. The Morgan fingerprint density at radius 3 is 2.51 bits per heavy atom. The fourth-order valence-corrected chi connectivity index (χ4v) is 5.12. The molecule has 10 nitrogen and oxygen atoms in total. The second-order valence-electron chi connectivity index (χ2n) is 10.6. The number of hydrogen-bond acceptors (Lipinski definition) is 8. The first-order valence-corrected chi connectivity index (χ1v) is 13.8. The third-order valence-electron chi connectivity index (χ3n) is 7.06. The number of carboxylic acid groups (broad SMARTS) is 1. The lowest BCUT2D eigenvalue weighted by atomic mass is 9.84. The Kier molecular flexibility index (Phi) is 12.6. The molecule has 0 aromatic heterocycles. The van der Waals surface area contributed by atoms with Crippen LogP contribution in [0.4, 0.5) is 0 Å². The van der Waals surface area contributed by atoms with Gasteiger partial charge in [-0.15, -0.1) is 11.6 Å². The van der Waals surface area contributed by atoms with E-state index in [-0.39, 0.29) is 48.8 Å². The summed E-state index contributed by atoms with van der Waals surface area (Å²) in [7, 11) is 0. The molecule has 2 aliphatic heterocycles. The summed E-state index contributed by atoms with van der Waals surface area (Å²) in [4.78, 5) is 34.4. The van der Waals surface area contributed by atoms with Crippen molar-refractivity contribution in [2.75, 3.05) is 5.88 Å². The summed E-state index contributed by atoms with van der Waals surface area (Å²) in [5.74, 6) is -1.82. The summed E-state index contributed by atoms with van der Waals surface area (Å²) >= 11 is 5.88. The number of ether oxygens (including phenoxy) is 3. The van der Waals surface area contributed by atoms with Crippen molar-refractivity contribution in [1.29, 1.82) is 0 Å². The molecule has 9 atom stereocenters. The SMILES string of the molecule is CC(=O)O[C@@H](C)C=CC(=O)N[C@@H]1C[C@H](C)[C@H](CC=C(C)C=C[C@H]2O[C@H](CC(=O)O)C[C@@](O)(CCl)[C@@H]2O)O[C@@H]1C. The highest BCUT2D eigenvalue weighted by Gasteiger charge is 2.47. The van der Waals surface area contributed by atoms with Gasteiger partial charge in [0.25, 0.3) is 0 Å². The predicted octanol–water partition coefficient (Wildman–Crippen LogP) is 2.65. The highest BCUT2D eigenvalue weighted by Crippen LogP contribution is 2.33. The Bertz CT molecular complexity index is 951. The molecule has 0 aromatic rings. The molecule has 39 heavy (non-hydrogen) atoms. The van der Waals surface area contributed by atoms with Gasteiger partial charge in [-0.25, -0.2) is 0 Å². The second kappa shape index (κ2) is 14.9. The van der Waals surface area contributed by atoms with Crippen LogP contribution in [-0.2, 0) is 28.6 Å². The van der Waals surface area contributed by atoms with E-state index in [1.165, 1.54) is 19.1 Å². The molecule has 2 rings (SSSR count). The van der Waals surface area contributed by atoms with E-state index in [9.17, 15) is 24.6 Å². The zero-order valence-corrected chi connectivity index (χ0v) is 24.0. The number of carbonyl (C=O) groups is 3. The third-order valence-corrected chi connectivity index (χ3v) is 7.52. The first-order valence-electron chi connectivity index (χ1n) is 13.2. The predicted molar refractivity (Wildman–Crippen MR) is 145 cm³/mol. The Balaban J connectivity index is 1.93. The van der Waals surface area contributed by atoms with Crippen molar-refractivity contribution in [2.24, 2.45) is 5.92 Å². The summed E-state index contributed by atoms with van der Waals surface area (Å²) < 4.78 is 16.9. The van der Waals surface area contributed by atoms with Crippen LogP contribution < -0.4 is 5.32 Å². The maximum Gasteiger partial charge on any atom is 0.305 e. The van der Waals surface area contributed by atoms with Gasteiger partial charge in [0.15, 0.2) is 0 Å². The molecule has 220 valence electrons. The Morgan fingerprint density at radius 1 is 1.21 bits per heavy atom. The summed E-state index contributed by atoms with van der Waals surface area (Å²) in [5.41, 5.74) is -0.761. The van der Waals surface area contributed by atoms with Crippen LogP contribution in [0.15, 0.2) is 36.0 Å². The van der Waals surface area contributed by atoms with E-state index < -0.39 is 42.0 Å². The van der Waals surface area contributed by atoms with Crippen LogP contribution >= 0.6 is 11.6 Å². The minimum Gasteiger partial charge on any atom is -0.481 e. The maximum atomic E-state index is 12.3. The number of aliphatic carboxylic acids is 1. The van der Waals surface area contributed by atoms with Crippen molar-refractivity contribution in [3.05, 3.63) is 36.0 Å². The zero-order valence-electron chi connectivity index (χ0n) is 23.2. The number of carboxylic acids is 1. The summed E-state index contributed by atoms with van der Waals surface area (Å²) in [6.45, 7) is 8.85. The van der Waals surface area contributed by atoms with Gasteiger partial charge in [-0.1, -0.05) is 30.7 Å². The Labute approximate surface area is 235 Å². The number of aliphatic hydroxyl groups excluding tert-OH is 1. The minimum atomic E-state index is -1.64. The highest BCUT2D eigenvalue weighted by atomic mass is 35.5. The molecule has 2 saturated heterocycles. The van der Waals surface area contributed by atoms with E-state index in [1.54, 1.807) is 19.1 Å². The summed E-state index contributed by atoms with van der Waals surface area (Å²) in [5, 5.41) is 33.3. The van der Waals surface area contributed by atoms with Crippen molar-refractivity contribution in [2.45, 2.75) is 109 Å². The van der Waals surface area contributed by atoms with Gasteiger partial charge in [0.1, 0.15) is 23.9 Å². The lowest BCUT2D eigenvalue weighted by Gasteiger charge is -2.43. The number of hydrogen-bond donors (Lipinski definition) is 4. The van der Waals surface area contributed by atoms with E-state index in [0.717, 1.165) is 12.0 Å². The van der Waals surface area contributed by atoms with Crippen LogP contribution in [0, 0.1) is 5.92 Å². The van der Waals surface area contributed by atoms with Gasteiger partial charge in [-0.3, -0.25) is 14.4 Å². The molecule has 0 aromatic carbocycles. The van der Waals surface area contributed by atoms with Crippen molar-refractivity contribution < 1.29 is 43.9 Å². The highest BCUT2D eigenvalue weighted by molar-refractivity contribution is 6.18. The van der Waals surface area contributed by atoms with Gasteiger partial charge in [0, 0.05) is 19.4 Å². The van der Waals surface area contributed by atoms with Gasteiger partial charge in [0.2, 0.25) is 5.91 Å². The number of nitrogens with one attached hydrogen (secondary N) is 1. The molecule has 2 heterocycles. The van der Waals surface area contributed by atoms with E-state index in [0.29, 0.717) is 6.42 Å². The van der Waals surface area contributed by atoms with E-state index in [1.807, 2.05) is 19.9 Å². The molecule has 4 N–H and O–H groups in total. The van der Waals surface area contributed by atoms with Crippen molar-refractivity contribution in [3.63, 3.8) is 0 Å². The first kappa shape index (κ1) is 33.0. The molecule has 0 bridgehead atoms. The van der Waals surface area contributed by atoms with Crippen molar-refractivity contribution in [1.82, 2.24) is 5.32 Å². The van der Waals surface area contributed by atoms with E-state index in [2.05, 4.69) is 12.2 Å². The number of aliphatic hydroxyl groups is 2. The topological polar surface area (TPSA) is 152 Å². The average molecular weight is 572 g/mol. The molecule has 0 spiro atoms. The smallest absolute Gasteiger partial charge is 0.305 e.